The molecule has 252 valence electrons. The SMILES string of the molecule is [CH3][Hf]([CH3])([CH3])([CH3])(=[SiH2])([CH]1C(c2cccc3ccc4ccccc4c23)=Cc2ccccc21)[CH]1C(c2cccc3ccc4ccccc4c23)=Cc2ccccc21. The molecule has 2 aliphatic carbocycles. The number of fused-ring (bicyclic) bond motifs is 8. The quantitative estimate of drug-likeness (QED) is 0.122. The van der Waals surface area contributed by atoms with E-state index in [9.17, 15) is 0 Å². The van der Waals surface area contributed by atoms with Gasteiger partial charge in [0.25, 0.3) is 0 Å². The van der Waals surface area contributed by atoms with E-state index in [0.717, 1.165) is 0 Å². The molecular formula is C50H44HfSi. The first kappa shape index (κ1) is 32.1. The standard InChI is InChI=1S/2C23H15.4CH3.Hf.H2Si/c2*1-2-8-19-15-20(14-18(19)7-1)22-11-5-9-17-13-12-16-6-3-4-10-21(16)23(17)22;;;;;;/h2*1-15H;4*1H3;;1H2. The summed E-state index contributed by atoms with van der Waals surface area (Å²) in [6.45, 7) is 2.45. The summed E-state index contributed by atoms with van der Waals surface area (Å²) in [5.74, 6) is 0. The zero-order valence-corrected chi connectivity index (χ0v) is 35.5. The Morgan fingerprint density at radius 1 is 0.385 bits per heavy atom. The van der Waals surface area contributed by atoms with Crippen LogP contribution in [-0.4, -0.2) is 6.94 Å². The summed E-state index contributed by atoms with van der Waals surface area (Å²) in [7, 11) is 0. The van der Waals surface area contributed by atoms with Gasteiger partial charge in [0, 0.05) is 0 Å². The molecule has 0 N–H and O–H groups in total. The molecule has 0 spiro atoms. The summed E-state index contributed by atoms with van der Waals surface area (Å²) in [5, 5.41) is 10.6. The van der Waals surface area contributed by atoms with Gasteiger partial charge in [0.15, 0.2) is 0 Å². The summed E-state index contributed by atoms with van der Waals surface area (Å²) in [6.07, 6.45) is 5.13. The van der Waals surface area contributed by atoms with Crippen molar-refractivity contribution >= 4 is 73.3 Å². The Morgan fingerprint density at radius 3 is 1.21 bits per heavy atom. The fourth-order valence-corrected chi connectivity index (χ4v) is 46.8. The van der Waals surface area contributed by atoms with Crippen LogP contribution in [0.15, 0.2) is 158 Å². The molecule has 2 atom stereocenters. The van der Waals surface area contributed by atoms with Gasteiger partial charge in [-0.3, -0.25) is 0 Å². The topological polar surface area (TPSA) is 0 Å². The molecule has 0 heterocycles. The van der Waals surface area contributed by atoms with E-state index in [1.165, 1.54) is 87.6 Å². The first-order valence-corrected chi connectivity index (χ1v) is 45.7. The number of rotatable bonds is 4. The van der Waals surface area contributed by atoms with Crippen molar-refractivity contribution < 1.29 is 14.2 Å². The van der Waals surface area contributed by atoms with Crippen molar-refractivity contribution in [2.24, 2.45) is 0 Å². The van der Waals surface area contributed by atoms with E-state index in [1.54, 1.807) is 0 Å². The van der Waals surface area contributed by atoms with E-state index in [0.29, 0.717) is 0 Å². The molecule has 0 nitrogen and oxygen atoms in total. The molecule has 10 rings (SSSR count). The minimum absolute atomic E-state index is 0.231. The summed E-state index contributed by atoms with van der Waals surface area (Å²) in [5.41, 5.74) is 11.4. The predicted molar refractivity (Wildman–Crippen MR) is 229 cm³/mol. The van der Waals surface area contributed by atoms with E-state index in [-0.39, 0.29) is 7.35 Å². The van der Waals surface area contributed by atoms with Gasteiger partial charge in [-0.05, 0) is 0 Å². The van der Waals surface area contributed by atoms with Gasteiger partial charge >= 0.3 is 305 Å². The van der Waals surface area contributed by atoms with Crippen LogP contribution in [0.2, 0.25) is 18.7 Å². The third-order valence-electron chi connectivity index (χ3n) is 13.1. The van der Waals surface area contributed by atoms with Crippen molar-refractivity contribution in [2.75, 3.05) is 0 Å². The van der Waals surface area contributed by atoms with Crippen LogP contribution in [-0.2, 0) is 14.2 Å². The molecular weight excluding hydrogens is 807 g/mol. The monoisotopic (exact) mass is 852 g/mol. The molecule has 8 aromatic carbocycles. The molecule has 2 unspecified atom stereocenters. The Bertz CT molecular complexity index is 2860. The second kappa shape index (κ2) is 9.86. The summed E-state index contributed by atoms with van der Waals surface area (Å²) >= 11 is -5.43. The van der Waals surface area contributed by atoms with Gasteiger partial charge in [0.2, 0.25) is 0 Å². The van der Waals surface area contributed by atoms with Gasteiger partial charge in [-0.1, -0.05) is 0 Å². The maximum absolute atomic E-state index is 5.43. The van der Waals surface area contributed by atoms with Crippen LogP contribution < -0.4 is 0 Å². The van der Waals surface area contributed by atoms with E-state index in [2.05, 4.69) is 196 Å². The third kappa shape index (κ3) is 4.47. The normalized spacial score (nSPS) is 19.0. The van der Waals surface area contributed by atoms with Gasteiger partial charge in [-0.15, -0.1) is 0 Å². The van der Waals surface area contributed by atoms with Crippen molar-refractivity contribution in [3.05, 3.63) is 191 Å². The summed E-state index contributed by atoms with van der Waals surface area (Å²) in [6, 6.07) is 59.6. The number of hydrogen-bond donors (Lipinski definition) is 0. The van der Waals surface area contributed by atoms with E-state index in [1.807, 2.05) is 0 Å². The average Bonchev–Trinajstić information content (AvgIpc) is 3.76. The van der Waals surface area contributed by atoms with Gasteiger partial charge < -0.3 is 0 Å². The number of hydrogen-bond acceptors (Lipinski definition) is 0. The third-order valence-corrected chi connectivity index (χ3v) is 46.1. The molecule has 0 aromatic heterocycles. The van der Waals surface area contributed by atoms with E-state index < -0.39 is 14.2 Å². The Balaban J connectivity index is 1.31. The molecule has 0 saturated heterocycles. The molecule has 0 bridgehead atoms. The van der Waals surface area contributed by atoms with Crippen molar-refractivity contribution in [1.29, 1.82) is 0 Å². The molecule has 8 aromatic rings. The molecule has 0 radical (unpaired) electrons. The molecule has 0 fully saturated rings. The molecule has 52 heavy (non-hydrogen) atoms. The number of benzene rings is 8. The van der Waals surface area contributed by atoms with Crippen molar-refractivity contribution in [3.8, 4) is 0 Å². The van der Waals surface area contributed by atoms with E-state index in [4.69, 9.17) is 0 Å². The number of allylic oxidation sites excluding steroid dienone is 2. The van der Waals surface area contributed by atoms with Gasteiger partial charge in [-0.2, -0.15) is 0 Å². The summed E-state index contributed by atoms with van der Waals surface area (Å²) in [4.78, 5) is 0. The maximum atomic E-state index is 2.80. The Kier molecular flexibility index (Phi) is 6.08. The van der Waals surface area contributed by atoms with Gasteiger partial charge in [0.05, 0.1) is 0 Å². The zero-order chi connectivity index (χ0) is 35.6. The van der Waals surface area contributed by atoms with Crippen molar-refractivity contribution in [1.82, 2.24) is 0 Å². The second-order valence-electron chi connectivity index (χ2n) is 20.0. The second-order valence-corrected chi connectivity index (χ2v) is 106. The summed E-state index contributed by atoms with van der Waals surface area (Å²) < 4.78 is 11.7. The Labute approximate surface area is 302 Å². The van der Waals surface area contributed by atoms with Crippen molar-refractivity contribution in [2.45, 2.75) is 26.1 Å². The predicted octanol–water partition coefficient (Wildman–Crippen LogP) is 13.7. The first-order valence-electron chi connectivity index (χ1n) is 18.9. The van der Waals surface area contributed by atoms with Crippen LogP contribution >= 0.6 is 0 Å². The van der Waals surface area contributed by atoms with Crippen LogP contribution in [0, 0.1) is 0 Å². The fourth-order valence-electron chi connectivity index (χ4n) is 11.2. The van der Waals surface area contributed by atoms with Crippen molar-refractivity contribution in [3.63, 3.8) is 0 Å². The molecule has 2 heteroatoms. The Hall–Kier alpha value is -4.63. The van der Waals surface area contributed by atoms with Gasteiger partial charge in [0.1, 0.15) is 0 Å². The zero-order valence-electron chi connectivity index (χ0n) is 30.5. The van der Waals surface area contributed by atoms with Crippen LogP contribution in [0.1, 0.15) is 40.7 Å². The first-order chi connectivity index (χ1) is 24.8. The molecule has 0 amide bonds. The van der Waals surface area contributed by atoms with Gasteiger partial charge in [-0.25, -0.2) is 0 Å². The average molecular weight is 851 g/mol. The Morgan fingerprint density at radius 2 is 0.750 bits per heavy atom. The fraction of sp³-hybridized carbons (Fsp3) is 0.120. The minimum atomic E-state index is -5.43. The molecule has 0 saturated carbocycles. The van der Waals surface area contributed by atoms with E-state index >= 15 is 0 Å². The molecule has 0 aliphatic heterocycles. The van der Waals surface area contributed by atoms with Crippen LogP contribution in [0.4, 0.5) is 0 Å². The van der Waals surface area contributed by atoms with Crippen LogP contribution in [0.3, 0.4) is 0 Å². The van der Waals surface area contributed by atoms with Crippen LogP contribution in [0.5, 0.6) is 0 Å². The van der Waals surface area contributed by atoms with Crippen LogP contribution in [0.25, 0.3) is 66.4 Å². The molecule has 2 aliphatic rings.